The van der Waals surface area contributed by atoms with Gasteiger partial charge in [-0.15, -0.1) is 0 Å². The fourth-order valence-electron chi connectivity index (χ4n) is 2.78. The number of H-pyrrole nitrogens is 2. The Morgan fingerprint density at radius 3 is 2.44 bits per heavy atom. The molecule has 18 heavy (non-hydrogen) atoms. The summed E-state index contributed by atoms with van der Waals surface area (Å²) in [5.41, 5.74) is -1.13. The molecule has 2 saturated heterocycles. The first-order valence-corrected chi connectivity index (χ1v) is 5.97. The molecule has 96 valence electrons. The fourth-order valence-corrected chi connectivity index (χ4v) is 2.78. The monoisotopic (exact) mass is 250 g/mol. The van der Waals surface area contributed by atoms with Crippen molar-refractivity contribution < 1.29 is 4.79 Å². The molecule has 3 rings (SSSR count). The first-order chi connectivity index (χ1) is 8.63. The molecule has 0 radical (unpaired) electrons. The molecule has 0 bridgehead atoms. The molecule has 2 atom stereocenters. The predicted molar refractivity (Wildman–Crippen MR) is 63.4 cm³/mol. The van der Waals surface area contributed by atoms with E-state index in [9.17, 15) is 14.4 Å². The van der Waals surface area contributed by atoms with Crippen LogP contribution in [0.3, 0.4) is 0 Å². The van der Waals surface area contributed by atoms with Crippen LogP contribution >= 0.6 is 0 Å². The topological polar surface area (TPSA) is 98.1 Å². The third-order valence-corrected chi connectivity index (χ3v) is 3.67. The molecule has 0 saturated carbocycles. The van der Waals surface area contributed by atoms with Crippen LogP contribution in [0.4, 0.5) is 0 Å². The highest BCUT2D eigenvalue weighted by Gasteiger charge is 2.38. The molecule has 0 aliphatic carbocycles. The van der Waals surface area contributed by atoms with Crippen LogP contribution in [-0.4, -0.2) is 47.0 Å². The molecule has 0 aromatic carbocycles. The number of likely N-dealkylation sites (tertiary alicyclic amines) is 1. The predicted octanol–water partition coefficient (Wildman–Crippen LogP) is -1.65. The van der Waals surface area contributed by atoms with Gasteiger partial charge in [0.05, 0.1) is 0 Å². The summed E-state index contributed by atoms with van der Waals surface area (Å²) in [6.07, 6.45) is 0. The average molecular weight is 250 g/mol. The number of fused-ring (bicyclic) bond motifs is 1. The molecule has 0 spiro atoms. The molecule has 7 heteroatoms. The van der Waals surface area contributed by atoms with Crippen molar-refractivity contribution in [1.82, 2.24) is 20.2 Å². The molecule has 7 nitrogen and oxygen atoms in total. The molecule has 1 amide bonds. The number of carbonyl (C=O) groups is 1. The number of amides is 1. The van der Waals surface area contributed by atoms with Gasteiger partial charge in [0.1, 0.15) is 5.69 Å². The second-order valence-electron chi connectivity index (χ2n) is 4.89. The maximum absolute atomic E-state index is 12.2. The molecule has 1 aromatic heterocycles. The third kappa shape index (κ3) is 1.86. The number of rotatable bonds is 1. The Bertz CT molecular complexity index is 550. The molecule has 3 N–H and O–H groups in total. The molecule has 2 aliphatic heterocycles. The average Bonchev–Trinajstić information content (AvgIpc) is 2.86. The Kier molecular flexibility index (Phi) is 2.55. The normalized spacial score (nSPS) is 26.3. The smallest absolute Gasteiger partial charge is 0.326 e. The van der Waals surface area contributed by atoms with Gasteiger partial charge in [-0.25, -0.2) is 4.79 Å². The summed E-state index contributed by atoms with van der Waals surface area (Å²) >= 11 is 0. The van der Waals surface area contributed by atoms with Crippen molar-refractivity contribution >= 4 is 5.91 Å². The fraction of sp³-hybridized carbons (Fsp3) is 0.545. The second kappa shape index (κ2) is 4.09. The maximum atomic E-state index is 12.2. The van der Waals surface area contributed by atoms with Crippen LogP contribution in [0.5, 0.6) is 0 Å². The van der Waals surface area contributed by atoms with E-state index in [2.05, 4.69) is 10.3 Å². The van der Waals surface area contributed by atoms with Gasteiger partial charge in [-0.1, -0.05) is 0 Å². The summed E-state index contributed by atoms with van der Waals surface area (Å²) in [5.74, 6) is 0.706. The largest absolute Gasteiger partial charge is 0.337 e. The van der Waals surface area contributed by atoms with Crippen LogP contribution in [-0.2, 0) is 0 Å². The summed E-state index contributed by atoms with van der Waals surface area (Å²) < 4.78 is 0. The van der Waals surface area contributed by atoms with E-state index in [1.165, 1.54) is 0 Å². The number of aromatic nitrogens is 2. The van der Waals surface area contributed by atoms with E-state index in [-0.39, 0.29) is 11.6 Å². The second-order valence-corrected chi connectivity index (χ2v) is 4.89. The van der Waals surface area contributed by atoms with Gasteiger partial charge in [0.15, 0.2) is 0 Å². The number of nitrogens with one attached hydrogen (secondary N) is 3. The Balaban J connectivity index is 1.83. The molecular weight excluding hydrogens is 236 g/mol. The standard InChI is InChI=1S/C11H14N4O3/c16-9-1-8(13-11(18)14-9)10(17)15-4-6-2-12-3-7(6)5-15/h1,6-7,12H,2-5H2,(H2,13,14,16,18). The van der Waals surface area contributed by atoms with Crippen molar-refractivity contribution in [1.29, 1.82) is 0 Å². The lowest BCUT2D eigenvalue weighted by Gasteiger charge is -2.16. The van der Waals surface area contributed by atoms with Gasteiger partial charge < -0.3 is 15.2 Å². The van der Waals surface area contributed by atoms with Gasteiger partial charge in [-0.3, -0.25) is 14.6 Å². The van der Waals surface area contributed by atoms with E-state index >= 15 is 0 Å². The first-order valence-electron chi connectivity index (χ1n) is 5.97. The van der Waals surface area contributed by atoms with Crippen LogP contribution in [0.25, 0.3) is 0 Å². The highest BCUT2D eigenvalue weighted by molar-refractivity contribution is 5.92. The SMILES string of the molecule is O=C(c1cc(=O)[nH]c(=O)[nH]1)N1CC2CNCC2C1. The van der Waals surface area contributed by atoms with Gasteiger partial charge in [-0.2, -0.15) is 0 Å². The third-order valence-electron chi connectivity index (χ3n) is 3.67. The van der Waals surface area contributed by atoms with Crippen molar-refractivity contribution in [2.24, 2.45) is 11.8 Å². The number of carbonyl (C=O) groups excluding carboxylic acids is 1. The lowest BCUT2D eigenvalue weighted by atomic mass is 10.0. The van der Waals surface area contributed by atoms with E-state index in [0.717, 1.165) is 19.2 Å². The molecule has 2 fully saturated rings. The van der Waals surface area contributed by atoms with E-state index in [0.29, 0.717) is 24.9 Å². The van der Waals surface area contributed by atoms with Crippen molar-refractivity contribution in [3.63, 3.8) is 0 Å². The quantitative estimate of drug-likeness (QED) is 0.556. The summed E-state index contributed by atoms with van der Waals surface area (Å²) in [7, 11) is 0. The Labute approximate surface area is 102 Å². The minimum absolute atomic E-state index is 0.0664. The Morgan fingerprint density at radius 1 is 1.17 bits per heavy atom. The number of nitrogens with zero attached hydrogens (tertiary/aromatic N) is 1. The summed E-state index contributed by atoms with van der Waals surface area (Å²) in [6, 6.07) is 1.14. The van der Waals surface area contributed by atoms with Crippen LogP contribution in [0.15, 0.2) is 15.7 Å². The maximum Gasteiger partial charge on any atom is 0.326 e. The van der Waals surface area contributed by atoms with E-state index in [1.54, 1.807) is 4.90 Å². The van der Waals surface area contributed by atoms with Gasteiger partial charge in [0, 0.05) is 32.2 Å². The molecule has 2 unspecified atom stereocenters. The van der Waals surface area contributed by atoms with Crippen LogP contribution in [0, 0.1) is 11.8 Å². The van der Waals surface area contributed by atoms with E-state index in [1.807, 2.05) is 4.98 Å². The van der Waals surface area contributed by atoms with Crippen LogP contribution in [0.1, 0.15) is 10.5 Å². The van der Waals surface area contributed by atoms with Crippen molar-refractivity contribution in [2.45, 2.75) is 0 Å². The lowest BCUT2D eigenvalue weighted by Crippen LogP contribution is -2.35. The van der Waals surface area contributed by atoms with Crippen LogP contribution in [0.2, 0.25) is 0 Å². The first kappa shape index (κ1) is 11.2. The minimum Gasteiger partial charge on any atom is -0.337 e. The zero-order valence-electron chi connectivity index (χ0n) is 9.73. The summed E-state index contributed by atoms with van der Waals surface area (Å²) in [5, 5.41) is 3.29. The van der Waals surface area contributed by atoms with E-state index in [4.69, 9.17) is 0 Å². The van der Waals surface area contributed by atoms with Crippen LogP contribution < -0.4 is 16.6 Å². The highest BCUT2D eigenvalue weighted by Crippen LogP contribution is 2.26. The summed E-state index contributed by atoms with van der Waals surface area (Å²) in [4.78, 5) is 40.6. The zero-order valence-corrected chi connectivity index (χ0v) is 9.73. The van der Waals surface area contributed by atoms with Gasteiger partial charge in [0.25, 0.3) is 11.5 Å². The number of hydrogen-bond acceptors (Lipinski definition) is 4. The molecular formula is C11H14N4O3. The molecule has 2 aliphatic rings. The van der Waals surface area contributed by atoms with Crippen molar-refractivity contribution in [3.05, 3.63) is 32.6 Å². The Hall–Kier alpha value is -1.89. The van der Waals surface area contributed by atoms with Gasteiger partial charge >= 0.3 is 5.69 Å². The van der Waals surface area contributed by atoms with Crippen molar-refractivity contribution in [3.8, 4) is 0 Å². The van der Waals surface area contributed by atoms with Gasteiger partial charge in [-0.05, 0) is 11.8 Å². The Morgan fingerprint density at radius 2 is 1.83 bits per heavy atom. The van der Waals surface area contributed by atoms with E-state index < -0.39 is 11.2 Å². The number of hydrogen-bond donors (Lipinski definition) is 3. The summed E-state index contributed by atoms with van der Waals surface area (Å²) in [6.45, 7) is 3.23. The lowest BCUT2D eigenvalue weighted by molar-refractivity contribution is 0.0775. The minimum atomic E-state index is -0.646. The molecule has 1 aromatic rings. The number of aromatic amines is 2. The van der Waals surface area contributed by atoms with Crippen molar-refractivity contribution in [2.75, 3.05) is 26.2 Å². The zero-order chi connectivity index (χ0) is 12.7. The highest BCUT2D eigenvalue weighted by atomic mass is 16.2. The van der Waals surface area contributed by atoms with Gasteiger partial charge in [0.2, 0.25) is 0 Å². The molecule has 3 heterocycles.